The van der Waals surface area contributed by atoms with Gasteiger partial charge in [0.15, 0.2) is 0 Å². The minimum atomic E-state index is -1.27. The number of carbonyl (C=O) groups excluding carboxylic acids is 1. The number of benzene rings is 1. The highest BCUT2D eigenvalue weighted by Crippen LogP contribution is 2.48. The Labute approximate surface area is 123 Å². The van der Waals surface area contributed by atoms with Gasteiger partial charge < -0.3 is 14.4 Å². The van der Waals surface area contributed by atoms with Crippen LogP contribution in [0.2, 0.25) is 5.02 Å². The number of ether oxygens (including phenoxy) is 2. The Bertz CT molecular complexity index is 526. The van der Waals surface area contributed by atoms with Crippen LogP contribution in [0.4, 0.5) is 5.69 Å². The fourth-order valence-corrected chi connectivity index (χ4v) is 3.07. The summed E-state index contributed by atoms with van der Waals surface area (Å²) in [6.45, 7) is 3.79. The summed E-state index contributed by atoms with van der Waals surface area (Å²) in [5.74, 6) is -1.42. The quantitative estimate of drug-likeness (QED) is 0.860. The number of hydrogen-bond donors (Lipinski definition) is 0. The molecule has 1 amide bonds. The zero-order valence-corrected chi connectivity index (χ0v) is 12.3. The van der Waals surface area contributed by atoms with Crippen molar-refractivity contribution in [2.75, 3.05) is 24.7 Å². The number of anilines is 1. The second-order valence-electron chi connectivity index (χ2n) is 5.11. The number of amides is 1. The van der Waals surface area contributed by atoms with Crippen LogP contribution in [0.15, 0.2) is 18.2 Å². The normalized spacial score (nSPS) is 20.5. The van der Waals surface area contributed by atoms with E-state index in [4.69, 9.17) is 21.1 Å². The largest absolute Gasteiger partial charge is 0.338 e. The SMILES string of the molecule is CCCCN1C(=O)C2(OCCCO2)c2cccc(Cl)c21. The number of para-hydroxylation sites is 1. The summed E-state index contributed by atoms with van der Waals surface area (Å²) in [5.41, 5.74) is 1.49. The summed E-state index contributed by atoms with van der Waals surface area (Å²) in [7, 11) is 0. The van der Waals surface area contributed by atoms with Gasteiger partial charge in [0.25, 0.3) is 11.7 Å². The molecule has 4 nitrogen and oxygen atoms in total. The van der Waals surface area contributed by atoms with E-state index in [9.17, 15) is 4.79 Å². The maximum Gasteiger partial charge on any atom is 0.292 e. The molecule has 20 heavy (non-hydrogen) atoms. The van der Waals surface area contributed by atoms with E-state index in [0.29, 0.717) is 24.8 Å². The fraction of sp³-hybridized carbons (Fsp3) is 0.533. The maximum atomic E-state index is 12.8. The van der Waals surface area contributed by atoms with Crippen molar-refractivity contribution >= 4 is 23.2 Å². The van der Waals surface area contributed by atoms with Crippen LogP contribution in [-0.4, -0.2) is 25.7 Å². The van der Waals surface area contributed by atoms with Crippen molar-refractivity contribution in [2.24, 2.45) is 0 Å². The average molecular weight is 296 g/mol. The third-order valence-electron chi connectivity index (χ3n) is 3.77. The molecule has 1 fully saturated rings. The number of carbonyl (C=O) groups is 1. The van der Waals surface area contributed by atoms with E-state index in [-0.39, 0.29) is 5.91 Å². The molecule has 0 unspecified atom stereocenters. The van der Waals surface area contributed by atoms with Crippen molar-refractivity contribution in [2.45, 2.75) is 32.0 Å². The fourth-order valence-electron chi connectivity index (χ4n) is 2.79. The third kappa shape index (κ3) is 1.94. The Hall–Kier alpha value is -1.10. The molecular weight excluding hydrogens is 278 g/mol. The number of rotatable bonds is 3. The Kier molecular flexibility index (Phi) is 3.71. The predicted molar refractivity (Wildman–Crippen MR) is 76.9 cm³/mol. The number of hydrogen-bond acceptors (Lipinski definition) is 3. The standard InChI is InChI=1S/C15H18ClNO3/c1-2-3-8-17-13-11(6-4-7-12(13)16)15(14(17)18)19-9-5-10-20-15/h4,6-7H,2-3,5,8-10H2,1H3. The lowest BCUT2D eigenvalue weighted by atomic mass is 10.1. The minimum absolute atomic E-state index is 0.145. The molecule has 0 aliphatic carbocycles. The van der Waals surface area contributed by atoms with Crippen molar-refractivity contribution in [3.63, 3.8) is 0 Å². The van der Waals surface area contributed by atoms with Gasteiger partial charge in [-0.05, 0) is 18.9 Å². The Morgan fingerprint density at radius 3 is 2.80 bits per heavy atom. The highest BCUT2D eigenvalue weighted by atomic mass is 35.5. The molecule has 108 valence electrons. The zero-order valence-electron chi connectivity index (χ0n) is 11.5. The molecule has 0 saturated carbocycles. The van der Waals surface area contributed by atoms with Gasteiger partial charge in [-0.2, -0.15) is 0 Å². The topological polar surface area (TPSA) is 38.8 Å². The van der Waals surface area contributed by atoms with Gasteiger partial charge in [-0.1, -0.05) is 37.1 Å². The molecule has 2 aliphatic rings. The molecule has 0 radical (unpaired) electrons. The Balaban J connectivity index is 2.07. The van der Waals surface area contributed by atoms with Gasteiger partial charge in [0.05, 0.1) is 23.9 Å². The molecule has 1 saturated heterocycles. The van der Waals surface area contributed by atoms with Crippen LogP contribution < -0.4 is 4.90 Å². The zero-order chi connectivity index (χ0) is 14.2. The average Bonchev–Trinajstić information content (AvgIpc) is 2.70. The van der Waals surface area contributed by atoms with E-state index in [1.165, 1.54) is 0 Å². The van der Waals surface area contributed by atoms with Gasteiger partial charge >= 0.3 is 0 Å². The highest BCUT2D eigenvalue weighted by molar-refractivity contribution is 6.35. The van der Waals surface area contributed by atoms with Gasteiger partial charge in [-0.25, -0.2) is 0 Å². The first-order valence-corrected chi connectivity index (χ1v) is 7.47. The van der Waals surface area contributed by atoms with Gasteiger partial charge in [-0.15, -0.1) is 0 Å². The second-order valence-corrected chi connectivity index (χ2v) is 5.52. The lowest BCUT2D eigenvalue weighted by molar-refractivity contribution is -0.256. The monoisotopic (exact) mass is 295 g/mol. The molecule has 0 bridgehead atoms. The summed E-state index contributed by atoms with van der Waals surface area (Å²) < 4.78 is 11.5. The van der Waals surface area contributed by atoms with Gasteiger partial charge in [0, 0.05) is 12.1 Å². The molecule has 2 heterocycles. The summed E-state index contributed by atoms with van der Waals surface area (Å²) in [4.78, 5) is 14.5. The van der Waals surface area contributed by atoms with Gasteiger partial charge in [0.1, 0.15) is 0 Å². The van der Waals surface area contributed by atoms with E-state index in [1.54, 1.807) is 11.0 Å². The van der Waals surface area contributed by atoms with Crippen LogP contribution in [0.3, 0.4) is 0 Å². The van der Waals surface area contributed by atoms with Crippen LogP contribution in [0, 0.1) is 0 Å². The molecule has 1 aromatic carbocycles. The van der Waals surface area contributed by atoms with E-state index in [1.807, 2.05) is 12.1 Å². The van der Waals surface area contributed by atoms with Crippen molar-refractivity contribution in [3.8, 4) is 0 Å². The number of unbranched alkanes of at least 4 members (excludes halogenated alkanes) is 1. The molecule has 2 aliphatic heterocycles. The maximum absolute atomic E-state index is 12.8. The third-order valence-corrected chi connectivity index (χ3v) is 4.08. The number of halogens is 1. The lowest BCUT2D eigenvalue weighted by Crippen LogP contribution is -2.47. The molecule has 0 atom stereocenters. The molecule has 5 heteroatoms. The summed E-state index contributed by atoms with van der Waals surface area (Å²) in [6, 6.07) is 5.51. The van der Waals surface area contributed by atoms with E-state index < -0.39 is 5.79 Å². The predicted octanol–water partition coefficient (Wildman–Crippen LogP) is 3.08. The second kappa shape index (κ2) is 5.35. The van der Waals surface area contributed by atoms with Crippen molar-refractivity contribution < 1.29 is 14.3 Å². The van der Waals surface area contributed by atoms with Crippen LogP contribution in [0.25, 0.3) is 0 Å². The Morgan fingerprint density at radius 1 is 1.35 bits per heavy atom. The van der Waals surface area contributed by atoms with Crippen LogP contribution in [-0.2, 0) is 20.1 Å². The van der Waals surface area contributed by atoms with Crippen molar-refractivity contribution in [3.05, 3.63) is 28.8 Å². The van der Waals surface area contributed by atoms with E-state index in [2.05, 4.69) is 6.92 Å². The molecule has 0 aromatic heterocycles. The smallest absolute Gasteiger partial charge is 0.292 e. The first-order valence-electron chi connectivity index (χ1n) is 7.09. The van der Waals surface area contributed by atoms with Gasteiger partial charge in [-0.3, -0.25) is 4.79 Å². The number of nitrogens with zero attached hydrogens (tertiary/aromatic N) is 1. The molecule has 1 spiro atoms. The van der Waals surface area contributed by atoms with E-state index >= 15 is 0 Å². The molecule has 1 aromatic rings. The summed E-state index contributed by atoms with van der Waals surface area (Å²) in [6.07, 6.45) is 2.74. The summed E-state index contributed by atoms with van der Waals surface area (Å²) in [5, 5.41) is 0.571. The minimum Gasteiger partial charge on any atom is -0.338 e. The van der Waals surface area contributed by atoms with E-state index in [0.717, 1.165) is 30.5 Å². The number of fused-ring (bicyclic) bond motifs is 2. The van der Waals surface area contributed by atoms with Crippen LogP contribution in [0.5, 0.6) is 0 Å². The van der Waals surface area contributed by atoms with Crippen LogP contribution >= 0.6 is 11.6 Å². The first kappa shape index (κ1) is 13.9. The summed E-state index contributed by atoms with van der Waals surface area (Å²) >= 11 is 6.31. The molecular formula is C15H18ClNO3. The Morgan fingerprint density at radius 2 is 2.10 bits per heavy atom. The van der Waals surface area contributed by atoms with Gasteiger partial charge in [0.2, 0.25) is 0 Å². The first-order chi connectivity index (χ1) is 9.70. The molecule has 0 N–H and O–H groups in total. The van der Waals surface area contributed by atoms with Crippen LogP contribution in [0.1, 0.15) is 31.7 Å². The van der Waals surface area contributed by atoms with Crippen molar-refractivity contribution in [1.29, 1.82) is 0 Å². The molecule has 3 rings (SSSR count). The van der Waals surface area contributed by atoms with Crippen molar-refractivity contribution in [1.82, 2.24) is 0 Å². The lowest BCUT2D eigenvalue weighted by Gasteiger charge is -2.32. The highest BCUT2D eigenvalue weighted by Gasteiger charge is 2.55.